The summed E-state index contributed by atoms with van der Waals surface area (Å²) in [5, 5.41) is 0.645. The number of alkyl halides is 1. The number of benzene rings is 1. The van der Waals surface area contributed by atoms with Gasteiger partial charge in [0.15, 0.2) is 0 Å². The lowest BCUT2D eigenvalue weighted by molar-refractivity contribution is 0.239. The highest BCUT2D eigenvalue weighted by Crippen LogP contribution is 2.20. The molecule has 1 aromatic rings. The first-order chi connectivity index (χ1) is 7.69. The Balaban J connectivity index is 2.62. The molecule has 3 heteroatoms. The van der Waals surface area contributed by atoms with E-state index in [1.165, 1.54) is 12.1 Å². The zero-order valence-electron chi connectivity index (χ0n) is 9.80. The fraction of sp³-hybridized carbons (Fsp3) is 0.538. The van der Waals surface area contributed by atoms with Gasteiger partial charge in [-0.1, -0.05) is 42.6 Å². The average molecular weight is 289 g/mol. The van der Waals surface area contributed by atoms with Gasteiger partial charge in [-0.2, -0.15) is 0 Å². The van der Waals surface area contributed by atoms with Crippen molar-refractivity contribution in [3.05, 3.63) is 29.6 Å². The fourth-order valence-corrected chi connectivity index (χ4v) is 1.84. The summed E-state index contributed by atoms with van der Waals surface area (Å²) in [7, 11) is 0. The van der Waals surface area contributed by atoms with E-state index in [1.807, 2.05) is 6.07 Å². The Morgan fingerprint density at radius 2 is 1.94 bits per heavy atom. The zero-order chi connectivity index (χ0) is 12.0. The summed E-state index contributed by atoms with van der Waals surface area (Å²) in [4.78, 5) is 0. The fourth-order valence-electron chi connectivity index (χ4n) is 1.52. The van der Waals surface area contributed by atoms with Crippen LogP contribution >= 0.6 is 15.9 Å². The predicted octanol–water partition coefficient (Wildman–Crippen LogP) is 4.54. The second-order valence-electron chi connectivity index (χ2n) is 3.92. The van der Waals surface area contributed by atoms with E-state index in [0.717, 1.165) is 18.4 Å². The van der Waals surface area contributed by atoms with E-state index >= 15 is 0 Å². The van der Waals surface area contributed by atoms with Gasteiger partial charge >= 0.3 is 0 Å². The van der Waals surface area contributed by atoms with Crippen LogP contribution in [0.1, 0.15) is 32.3 Å². The molecule has 0 amide bonds. The van der Waals surface area contributed by atoms with Gasteiger partial charge in [-0.3, -0.25) is 0 Å². The molecule has 16 heavy (non-hydrogen) atoms. The van der Waals surface area contributed by atoms with Crippen molar-refractivity contribution in [2.75, 3.05) is 6.61 Å². The Morgan fingerprint density at radius 1 is 1.25 bits per heavy atom. The van der Waals surface area contributed by atoms with Crippen molar-refractivity contribution < 1.29 is 9.13 Å². The summed E-state index contributed by atoms with van der Waals surface area (Å²) < 4.78 is 18.8. The standard InChI is InChI=1S/C13H18BrFO/c1-3-10(4-2)9-16-13-6-11(8-14)5-12(15)7-13/h5-7,10H,3-4,8-9H2,1-2H3. The summed E-state index contributed by atoms with van der Waals surface area (Å²) in [5.41, 5.74) is 0.902. The first-order valence-electron chi connectivity index (χ1n) is 5.67. The maximum Gasteiger partial charge on any atom is 0.127 e. The van der Waals surface area contributed by atoms with Crippen LogP contribution in [-0.4, -0.2) is 6.61 Å². The molecule has 1 nitrogen and oxygen atoms in total. The molecule has 90 valence electrons. The summed E-state index contributed by atoms with van der Waals surface area (Å²) in [6.45, 7) is 4.96. The first kappa shape index (κ1) is 13.5. The molecule has 0 heterocycles. The molecule has 0 unspecified atom stereocenters. The van der Waals surface area contributed by atoms with Crippen molar-refractivity contribution in [2.45, 2.75) is 32.0 Å². The summed E-state index contributed by atoms with van der Waals surface area (Å²) in [5.74, 6) is 0.938. The lowest BCUT2D eigenvalue weighted by Crippen LogP contribution is -2.10. The molecule has 0 N–H and O–H groups in total. The number of rotatable bonds is 6. The summed E-state index contributed by atoms with van der Waals surface area (Å²) >= 11 is 3.31. The largest absolute Gasteiger partial charge is 0.493 e. The highest BCUT2D eigenvalue weighted by molar-refractivity contribution is 9.08. The Morgan fingerprint density at radius 3 is 2.50 bits per heavy atom. The smallest absolute Gasteiger partial charge is 0.127 e. The van der Waals surface area contributed by atoms with Crippen LogP contribution in [0, 0.1) is 11.7 Å². The SMILES string of the molecule is CCC(CC)COc1cc(F)cc(CBr)c1. The number of hydrogen-bond donors (Lipinski definition) is 0. The third kappa shape index (κ3) is 4.12. The molecule has 0 aliphatic heterocycles. The number of halogens is 2. The van der Waals surface area contributed by atoms with Gasteiger partial charge in [0.05, 0.1) is 6.61 Å². The second-order valence-corrected chi connectivity index (χ2v) is 4.48. The minimum atomic E-state index is -0.239. The molecule has 0 bridgehead atoms. The van der Waals surface area contributed by atoms with Gasteiger partial charge in [0.2, 0.25) is 0 Å². The molecule has 0 aliphatic carbocycles. The van der Waals surface area contributed by atoms with Crippen LogP contribution in [0.15, 0.2) is 18.2 Å². The highest BCUT2D eigenvalue weighted by Gasteiger charge is 2.06. The van der Waals surface area contributed by atoms with Gasteiger partial charge in [0.1, 0.15) is 11.6 Å². The minimum Gasteiger partial charge on any atom is -0.493 e. The van der Waals surface area contributed by atoms with Crippen LogP contribution in [0.3, 0.4) is 0 Å². The third-order valence-electron chi connectivity index (χ3n) is 2.73. The van der Waals surface area contributed by atoms with E-state index in [9.17, 15) is 4.39 Å². The first-order valence-corrected chi connectivity index (χ1v) is 6.80. The van der Waals surface area contributed by atoms with Crippen LogP contribution in [0.4, 0.5) is 4.39 Å². The minimum absolute atomic E-state index is 0.239. The Hall–Kier alpha value is -0.570. The van der Waals surface area contributed by atoms with E-state index in [4.69, 9.17) is 4.74 Å². The molecule has 0 aliphatic rings. The Bertz CT molecular complexity index is 324. The summed E-state index contributed by atoms with van der Waals surface area (Å²) in [6.07, 6.45) is 2.19. The Labute approximate surface area is 105 Å². The van der Waals surface area contributed by atoms with E-state index in [-0.39, 0.29) is 5.82 Å². The summed E-state index contributed by atoms with van der Waals surface area (Å²) in [6, 6.07) is 4.83. The van der Waals surface area contributed by atoms with Crippen LogP contribution < -0.4 is 4.74 Å². The molecule has 0 radical (unpaired) electrons. The van der Waals surface area contributed by atoms with Crippen LogP contribution in [0.25, 0.3) is 0 Å². The molecule has 1 aromatic carbocycles. The predicted molar refractivity (Wildman–Crippen MR) is 68.6 cm³/mol. The highest BCUT2D eigenvalue weighted by atomic mass is 79.9. The van der Waals surface area contributed by atoms with Crippen molar-refractivity contribution in [3.8, 4) is 5.75 Å². The topological polar surface area (TPSA) is 9.23 Å². The molecule has 1 rings (SSSR count). The molecular formula is C13H18BrFO. The van der Waals surface area contributed by atoms with Crippen LogP contribution in [0.2, 0.25) is 0 Å². The average Bonchev–Trinajstić information content (AvgIpc) is 2.29. The molecule has 0 saturated heterocycles. The zero-order valence-corrected chi connectivity index (χ0v) is 11.4. The molecular weight excluding hydrogens is 271 g/mol. The Kier molecular flexibility index (Phi) is 5.81. The van der Waals surface area contributed by atoms with Crippen molar-refractivity contribution >= 4 is 15.9 Å². The van der Waals surface area contributed by atoms with E-state index in [2.05, 4.69) is 29.8 Å². The quantitative estimate of drug-likeness (QED) is 0.699. The van der Waals surface area contributed by atoms with E-state index in [1.54, 1.807) is 0 Å². The van der Waals surface area contributed by atoms with Crippen molar-refractivity contribution in [2.24, 2.45) is 5.92 Å². The lowest BCUT2D eigenvalue weighted by Gasteiger charge is -2.14. The lowest BCUT2D eigenvalue weighted by atomic mass is 10.1. The van der Waals surface area contributed by atoms with Gasteiger partial charge < -0.3 is 4.74 Å². The normalized spacial score (nSPS) is 10.8. The number of ether oxygens (including phenoxy) is 1. The molecule has 0 fully saturated rings. The van der Waals surface area contributed by atoms with E-state index in [0.29, 0.717) is 23.6 Å². The maximum atomic E-state index is 13.2. The second kappa shape index (κ2) is 6.89. The van der Waals surface area contributed by atoms with Gasteiger partial charge in [0.25, 0.3) is 0 Å². The molecule has 0 atom stereocenters. The number of hydrogen-bond acceptors (Lipinski definition) is 1. The van der Waals surface area contributed by atoms with Gasteiger partial charge in [-0.15, -0.1) is 0 Å². The van der Waals surface area contributed by atoms with Crippen LogP contribution in [-0.2, 0) is 5.33 Å². The molecule has 0 spiro atoms. The van der Waals surface area contributed by atoms with E-state index < -0.39 is 0 Å². The third-order valence-corrected chi connectivity index (χ3v) is 3.37. The van der Waals surface area contributed by atoms with Crippen LogP contribution in [0.5, 0.6) is 5.75 Å². The van der Waals surface area contributed by atoms with Gasteiger partial charge in [-0.05, 0) is 23.6 Å². The maximum absolute atomic E-state index is 13.2. The monoisotopic (exact) mass is 288 g/mol. The van der Waals surface area contributed by atoms with Gasteiger partial charge in [-0.25, -0.2) is 4.39 Å². The van der Waals surface area contributed by atoms with Crippen molar-refractivity contribution in [3.63, 3.8) is 0 Å². The molecule has 0 aromatic heterocycles. The van der Waals surface area contributed by atoms with Crippen molar-refractivity contribution in [1.29, 1.82) is 0 Å². The molecule has 0 saturated carbocycles. The van der Waals surface area contributed by atoms with Gasteiger partial charge in [0, 0.05) is 11.4 Å². The van der Waals surface area contributed by atoms with Crippen molar-refractivity contribution in [1.82, 2.24) is 0 Å².